The minimum Gasteiger partial charge on any atom is -0.469 e. The summed E-state index contributed by atoms with van der Waals surface area (Å²) in [7, 11) is 1.39. The second-order valence-electron chi connectivity index (χ2n) is 11.2. The number of carbonyl (C=O) groups is 3. The number of hydrogen-bond donors (Lipinski definition) is 2. The summed E-state index contributed by atoms with van der Waals surface area (Å²) in [6.07, 6.45) is 4.54. The highest BCUT2D eigenvalue weighted by atomic mass is 16.5. The molecule has 4 aliphatic rings. The highest BCUT2D eigenvalue weighted by Crippen LogP contribution is 2.70. The van der Waals surface area contributed by atoms with Crippen molar-refractivity contribution in [3.63, 3.8) is 0 Å². The third kappa shape index (κ3) is 3.51. The Balaban J connectivity index is 1.70. The van der Waals surface area contributed by atoms with Gasteiger partial charge in [-0.15, -0.1) is 0 Å². The fraction of sp³-hybridized carbons (Fsp3) is 0.880. The van der Waals surface area contributed by atoms with Crippen molar-refractivity contribution in [1.29, 1.82) is 0 Å². The van der Waals surface area contributed by atoms with Crippen molar-refractivity contribution in [2.45, 2.75) is 95.9 Å². The quantitative estimate of drug-likeness (QED) is 0.479. The Kier molecular flexibility index (Phi) is 6.09. The molecule has 4 fully saturated rings. The van der Waals surface area contributed by atoms with Gasteiger partial charge in [0.05, 0.1) is 30.8 Å². The molecule has 0 saturated heterocycles. The topological polar surface area (TPSA) is 119 Å². The van der Waals surface area contributed by atoms with Gasteiger partial charge in [-0.2, -0.15) is 0 Å². The maximum atomic E-state index is 12.5. The molecule has 0 aromatic rings. The zero-order chi connectivity index (χ0) is 24.2. The molecule has 0 unspecified atom stereocenters. The third-order valence-electron chi connectivity index (χ3n) is 9.98. The van der Waals surface area contributed by atoms with Crippen LogP contribution in [0.25, 0.3) is 0 Å². The summed E-state index contributed by atoms with van der Waals surface area (Å²) in [5.41, 5.74) is -3.52. The molecule has 0 aromatic heterocycles. The predicted octanol–water partition coefficient (Wildman–Crippen LogP) is 2.52. The first-order valence-corrected chi connectivity index (χ1v) is 12.3. The first-order valence-electron chi connectivity index (χ1n) is 12.3. The van der Waals surface area contributed by atoms with Crippen molar-refractivity contribution in [2.24, 2.45) is 28.6 Å². The van der Waals surface area contributed by atoms with Crippen LogP contribution in [0, 0.1) is 28.6 Å². The lowest BCUT2D eigenvalue weighted by molar-refractivity contribution is -0.272. The Morgan fingerprint density at radius 3 is 2.24 bits per heavy atom. The van der Waals surface area contributed by atoms with Gasteiger partial charge in [0.15, 0.2) is 0 Å². The van der Waals surface area contributed by atoms with Gasteiger partial charge in [-0.1, -0.05) is 6.92 Å². The molecule has 4 aliphatic carbocycles. The van der Waals surface area contributed by atoms with E-state index in [0.29, 0.717) is 51.4 Å². The average molecular weight is 467 g/mol. The minimum absolute atomic E-state index is 0.0663. The second kappa shape index (κ2) is 8.22. The van der Waals surface area contributed by atoms with Crippen LogP contribution in [0.4, 0.5) is 0 Å². The van der Waals surface area contributed by atoms with E-state index in [0.717, 1.165) is 6.42 Å². The molecule has 0 spiro atoms. The van der Waals surface area contributed by atoms with E-state index in [1.165, 1.54) is 21.0 Å². The zero-order valence-electron chi connectivity index (χ0n) is 20.2. The van der Waals surface area contributed by atoms with Crippen molar-refractivity contribution in [3.05, 3.63) is 0 Å². The van der Waals surface area contributed by atoms with Crippen LogP contribution in [0.3, 0.4) is 0 Å². The predicted molar refractivity (Wildman–Crippen MR) is 117 cm³/mol. The maximum Gasteiger partial charge on any atom is 0.309 e. The monoisotopic (exact) mass is 466 g/mol. The lowest BCUT2D eigenvalue weighted by Crippen LogP contribution is -2.69. The first kappa shape index (κ1) is 24.5. The molecule has 186 valence electrons. The first-order chi connectivity index (χ1) is 15.4. The van der Waals surface area contributed by atoms with E-state index in [4.69, 9.17) is 14.2 Å². The summed E-state index contributed by atoms with van der Waals surface area (Å²) < 4.78 is 16.1. The van der Waals surface area contributed by atoms with Crippen molar-refractivity contribution in [3.8, 4) is 0 Å². The van der Waals surface area contributed by atoms with E-state index < -0.39 is 28.0 Å². The maximum absolute atomic E-state index is 12.5. The number of hydrogen-bond acceptors (Lipinski definition) is 8. The van der Waals surface area contributed by atoms with Crippen LogP contribution in [0.5, 0.6) is 0 Å². The van der Waals surface area contributed by atoms with Crippen molar-refractivity contribution in [2.75, 3.05) is 13.7 Å². The highest BCUT2D eigenvalue weighted by Gasteiger charge is 2.72. The molecule has 8 nitrogen and oxygen atoms in total. The summed E-state index contributed by atoms with van der Waals surface area (Å²) in [6.45, 7) is 4.83. The molecule has 0 bridgehead atoms. The molecule has 0 amide bonds. The van der Waals surface area contributed by atoms with E-state index in [1.807, 2.05) is 6.92 Å². The molecular formula is C25H38O8. The Hall–Kier alpha value is -1.67. The standard InChI is InChI=1S/C25H38O8/c1-15(26)32-14-23-10-5-17(33-16(2)27)13-24(23,29)11-7-19-18(23)6-9-22(3)20(21(28)31-4)8-12-25(19,22)30/h17-20,29-30H,5-14H2,1-4H3/t17-,18-,19+,20+,22-,23+,24-,25+/m1/s1. The lowest BCUT2D eigenvalue weighted by atomic mass is 9.41. The number of carbonyl (C=O) groups excluding carboxylic acids is 3. The fourth-order valence-corrected chi connectivity index (χ4v) is 8.37. The van der Waals surface area contributed by atoms with Crippen molar-refractivity contribution in [1.82, 2.24) is 0 Å². The van der Waals surface area contributed by atoms with Crippen LogP contribution in [-0.2, 0) is 28.6 Å². The van der Waals surface area contributed by atoms with E-state index in [9.17, 15) is 24.6 Å². The molecule has 0 aliphatic heterocycles. The van der Waals surface area contributed by atoms with Gasteiger partial charge < -0.3 is 24.4 Å². The Morgan fingerprint density at radius 2 is 1.61 bits per heavy atom. The SMILES string of the molecule is COC(=O)[C@@H]1CC[C@]2(O)[C@H]3CC[C@@]4(O)C[C@H](OC(C)=O)CC[C@]4(COC(C)=O)[C@@H]3CC[C@]12C. The van der Waals surface area contributed by atoms with Gasteiger partial charge in [0, 0.05) is 31.1 Å². The molecule has 0 heterocycles. The normalized spacial score (nSPS) is 46.4. The highest BCUT2D eigenvalue weighted by molar-refractivity contribution is 5.74. The van der Waals surface area contributed by atoms with Crippen LogP contribution < -0.4 is 0 Å². The van der Waals surface area contributed by atoms with Gasteiger partial charge in [0.2, 0.25) is 0 Å². The number of fused-ring (bicyclic) bond motifs is 5. The molecule has 0 aromatic carbocycles. The zero-order valence-corrected chi connectivity index (χ0v) is 20.2. The van der Waals surface area contributed by atoms with Gasteiger partial charge in [-0.3, -0.25) is 14.4 Å². The lowest BCUT2D eigenvalue weighted by Gasteiger charge is -2.66. The van der Waals surface area contributed by atoms with Crippen LogP contribution in [0.2, 0.25) is 0 Å². The minimum atomic E-state index is -1.16. The Morgan fingerprint density at radius 1 is 0.909 bits per heavy atom. The van der Waals surface area contributed by atoms with Crippen LogP contribution in [0.15, 0.2) is 0 Å². The fourth-order valence-electron chi connectivity index (χ4n) is 8.37. The van der Waals surface area contributed by atoms with E-state index in [1.54, 1.807) is 0 Å². The average Bonchev–Trinajstić information content (AvgIpc) is 3.02. The van der Waals surface area contributed by atoms with Crippen molar-refractivity contribution >= 4 is 17.9 Å². The molecule has 2 N–H and O–H groups in total. The van der Waals surface area contributed by atoms with Gasteiger partial charge in [0.1, 0.15) is 6.10 Å². The number of rotatable bonds is 4. The molecule has 8 heteroatoms. The summed E-state index contributed by atoms with van der Waals surface area (Å²) in [5, 5.41) is 24.2. The molecule has 33 heavy (non-hydrogen) atoms. The Labute approximate surface area is 195 Å². The molecule has 8 atom stereocenters. The van der Waals surface area contributed by atoms with Crippen molar-refractivity contribution < 1.29 is 38.8 Å². The van der Waals surface area contributed by atoms with Crippen LogP contribution >= 0.6 is 0 Å². The van der Waals surface area contributed by atoms with E-state index in [2.05, 4.69) is 0 Å². The largest absolute Gasteiger partial charge is 0.469 e. The third-order valence-corrected chi connectivity index (χ3v) is 9.98. The molecule has 0 radical (unpaired) electrons. The second-order valence-corrected chi connectivity index (χ2v) is 11.2. The van der Waals surface area contributed by atoms with E-state index >= 15 is 0 Å². The van der Waals surface area contributed by atoms with Gasteiger partial charge in [-0.25, -0.2) is 0 Å². The van der Waals surface area contributed by atoms with E-state index in [-0.39, 0.29) is 42.4 Å². The summed E-state index contributed by atoms with van der Waals surface area (Å²) in [6, 6.07) is 0. The Bertz CT molecular complexity index is 827. The van der Waals surface area contributed by atoms with Gasteiger partial charge >= 0.3 is 17.9 Å². The van der Waals surface area contributed by atoms with Crippen LogP contribution in [-0.4, -0.2) is 59.1 Å². The molecular weight excluding hydrogens is 428 g/mol. The summed E-state index contributed by atoms with van der Waals surface area (Å²) >= 11 is 0. The van der Waals surface area contributed by atoms with Gasteiger partial charge in [-0.05, 0) is 63.2 Å². The number of aliphatic hydroxyl groups is 2. The van der Waals surface area contributed by atoms with Crippen LogP contribution in [0.1, 0.15) is 78.6 Å². The number of methoxy groups -OCH3 is 1. The molecule has 4 saturated carbocycles. The smallest absolute Gasteiger partial charge is 0.309 e. The molecule has 4 rings (SSSR count). The van der Waals surface area contributed by atoms with Gasteiger partial charge in [0.25, 0.3) is 0 Å². The number of esters is 3. The summed E-state index contributed by atoms with van der Waals surface area (Å²) in [4.78, 5) is 35.9. The summed E-state index contributed by atoms with van der Waals surface area (Å²) in [5.74, 6) is -1.57. The number of ether oxygens (including phenoxy) is 3.